The molecule has 0 spiro atoms. The first-order chi connectivity index (χ1) is 12.6. The zero-order valence-electron chi connectivity index (χ0n) is 13.8. The van der Waals surface area contributed by atoms with Crippen molar-refractivity contribution in [3.63, 3.8) is 0 Å². The number of benzene rings is 2. The van der Waals surface area contributed by atoms with E-state index in [0.717, 1.165) is 11.3 Å². The van der Waals surface area contributed by atoms with Gasteiger partial charge < -0.3 is 10.3 Å². The molecule has 26 heavy (non-hydrogen) atoms. The van der Waals surface area contributed by atoms with E-state index in [4.69, 9.17) is 0 Å². The van der Waals surface area contributed by atoms with E-state index >= 15 is 0 Å². The fourth-order valence-electron chi connectivity index (χ4n) is 2.86. The first kappa shape index (κ1) is 15.7. The minimum atomic E-state index is -0.357. The molecule has 0 aliphatic heterocycles. The van der Waals surface area contributed by atoms with Crippen molar-refractivity contribution >= 4 is 22.5 Å². The average molecular weight is 346 g/mol. The summed E-state index contributed by atoms with van der Waals surface area (Å²) in [6.45, 7) is 1.86. The van der Waals surface area contributed by atoms with Gasteiger partial charge in [-0.2, -0.15) is 0 Å². The van der Waals surface area contributed by atoms with Crippen molar-refractivity contribution in [2.75, 3.05) is 5.32 Å². The summed E-state index contributed by atoms with van der Waals surface area (Å²) >= 11 is 0. The molecular formula is C18H14N6O2. The third-order valence-corrected chi connectivity index (χ3v) is 4.14. The summed E-state index contributed by atoms with van der Waals surface area (Å²) in [5.74, 6) is -0.357. The number of amides is 1. The maximum Gasteiger partial charge on any atom is 0.256 e. The molecule has 2 aromatic carbocycles. The van der Waals surface area contributed by atoms with Crippen molar-refractivity contribution in [3.05, 3.63) is 76.3 Å². The lowest BCUT2D eigenvalue weighted by atomic mass is 10.1. The van der Waals surface area contributed by atoms with Crippen LogP contribution in [0.4, 0.5) is 5.69 Å². The molecule has 0 unspecified atom stereocenters. The number of para-hydroxylation sites is 1. The topological polar surface area (TPSA) is 106 Å². The van der Waals surface area contributed by atoms with E-state index < -0.39 is 0 Å². The molecule has 0 fully saturated rings. The average Bonchev–Trinajstić information content (AvgIpc) is 3.17. The largest absolute Gasteiger partial charge is 0.322 e. The minimum Gasteiger partial charge on any atom is -0.322 e. The maximum absolute atomic E-state index is 12.8. The number of pyridine rings is 1. The van der Waals surface area contributed by atoms with Crippen LogP contribution < -0.4 is 10.9 Å². The summed E-state index contributed by atoms with van der Waals surface area (Å²) in [6, 6.07) is 13.9. The fraction of sp³-hybridized carbons (Fsp3) is 0.0556. The maximum atomic E-state index is 12.8. The molecule has 2 aromatic heterocycles. The zero-order chi connectivity index (χ0) is 18.1. The molecule has 128 valence electrons. The Balaban J connectivity index is 1.74. The first-order valence-electron chi connectivity index (χ1n) is 7.90. The van der Waals surface area contributed by atoms with Gasteiger partial charge in [0.25, 0.3) is 5.91 Å². The van der Waals surface area contributed by atoms with Gasteiger partial charge in [0, 0.05) is 22.7 Å². The molecule has 2 heterocycles. The molecule has 8 nitrogen and oxygen atoms in total. The van der Waals surface area contributed by atoms with Crippen LogP contribution in [0.5, 0.6) is 0 Å². The number of anilines is 1. The Morgan fingerprint density at radius 3 is 2.81 bits per heavy atom. The van der Waals surface area contributed by atoms with Gasteiger partial charge in [0.1, 0.15) is 6.33 Å². The lowest BCUT2D eigenvalue weighted by molar-refractivity contribution is 0.102. The number of H-pyrrole nitrogens is 1. The van der Waals surface area contributed by atoms with Gasteiger partial charge in [0.15, 0.2) is 0 Å². The molecule has 0 atom stereocenters. The number of aromatic nitrogens is 5. The van der Waals surface area contributed by atoms with Crippen molar-refractivity contribution in [3.8, 4) is 5.69 Å². The first-order valence-corrected chi connectivity index (χ1v) is 7.90. The van der Waals surface area contributed by atoms with E-state index in [2.05, 4.69) is 25.8 Å². The highest BCUT2D eigenvalue weighted by molar-refractivity contribution is 6.12. The standard InChI is InChI=1S/C18H14N6O2/c1-11-14(7-4-8-16(11)24-10-19-22-23-24)21-18(26)13-9-17(25)20-15-6-3-2-5-12(13)15/h2-10H,1H3,(H,20,25)(H,21,26). The number of carbonyl (C=O) groups is 1. The van der Waals surface area contributed by atoms with E-state index in [1.165, 1.54) is 17.1 Å². The number of hydrogen-bond acceptors (Lipinski definition) is 5. The predicted molar refractivity (Wildman–Crippen MR) is 96.4 cm³/mol. The van der Waals surface area contributed by atoms with E-state index in [9.17, 15) is 9.59 Å². The van der Waals surface area contributed by atoms with E-state index in [-0.39, 0.29) is 11.5 Å². The van der Waals surface area contributed by atoms with Gasteiger partial charge in [-0.25, -0.2) is 4.68 Å². The van der Waals surface area contributed by atoms with Crippen LogP contribution >= 0.6 is 0 Å². The van der Waals surface area contributed by atoms with Crippen LogP contribution in [0.3, 0.4) is 0 Å². The number of tetrazole rings is 1. The van der Waals surface area contributed by atoms with Crippen LogP contribution in [-0.4, -0.2) is 31.1 Å². The van der Waals surface area contributed by atoms with Crippen LogP contribution in [0.15, 0.2) is 59.7 Å². The molecule has 4 aromatic rings. The molecule has 4 rings (SSSR count). The van der Waals surface area contributed by atoms with Crippen LogP contribution in [0, 0.1) is 6.92 Å². The van der Waals surface area contributed by atoms with Crippen molar-refractivity contribution < 1.29 is 4.79 Å². The normalized spacial score (nSPS) is 10.8. The van der Waals surface area contributed by atoms with Crippen molar-refractivity contribution in [1.29, 1.82) is 0 Å². The molecule has 0 bridgehead atoms. The van der Waals surface area contributed by atoms with Crippen LogP contribution in [0.25, 0.3) is 16.6 Å². The zero-order valence-corrected chi connectivity index (χ0v) is 13.8. The quantitative estimate of drug-likeness (QED) is 0.591. The molecule has 8 heteroatoms. The molecule has 1 amide bonds. The summed E-state index contributed by atoms with van der Waals surface area (Å²) in [6.07, 6.45) is 1.48. The van der Waals surface area contributed by atoms with Gasteiger partial charge in [-0.15, -0.1) is 5.10 Å². The number of hydrogen-bond donors (Lipinski definition) is 2. The Hall–Kier alpha value is -3.81. The van der Waals surface area contributed by atoms with E-state index in [1.807, 2.05) is 19.1 Å². The second-order valence-corrected chi connectivity index (χ2v) is 5.75. The van der Waals surface area contributed by atoms with Crippen LogP contribution in [-0.2, 0) is 0 Å². The van der Waals surface area contributed by atoms with Gasteiger partial charge in [0.05, 0.1) is 11.3 Å². The number of aromatic amines is 1. The molecule has 0 saturated carbocycles. The Bertz CT molecular complexity index is 1160. The van der Waals surface area contributed by atoms with Crippen LogP contribution in [0.1, 0.15) is 15.9 Å². The monoisotopic (exact) mass is 346 g/mol. The van der Waals surface area contributed by atoms with E-state index in [0.29, 0.717) is 22.2 Å². The lowest BCUT2D eigenvalue weighted by Gasteiger charge is -2.12. The minimum absolute atomic E-state index is 0.316. The summed E-state index contributed by atoms with van der Waals surface area (Å²) in [4.78, 5) is 27.4. The highest BCUT2D eigenvalue weighted by Crippen LogP contribution is 2.23. The Kier molecular flexibility index (Phi) is 3.77. The van der Waals surface area contributed by atoms with Gasteiger partial charge in [-0.05, 0) is 41.1 Å². The summed E-state index contributed by atoms with van der Waals surface area (Å²) in [7, 11) is 0. The van der Waals surface area contributed by atoms with E-state index in [1.54, 1.807) is 30.3 Å². The van der Waals surface area contributed by atoms with Crippen molar-refractivity contribution in [1.82, 2.24) is 25.2 Å². The number of nitrogens with zero attached hydrogens (tertiary/aromatic N) is 4. The fourth-order valence-corrected chi connectivity index (χ4v) is 2.86. The summed E-state index contributed by atoms with van der Waals surface area (Å²) < 4.78 is 1.52. The molecule has 0 aliphatic carbocycles. The van der Waals surface area contributed by atoms with Gasteiger partial charge in [-0.1, -0.05) is 24.3 Å². The highest BCUT2D eigenvalue weighted by atomic mass is 16.2. The number of rotatable bonds is 3. The molecule has 0 aliphatic rings. The Morgan fingerprint density at radius 1 is 1.15 bits per heavy atom. The number of carbonyl (C=O) groups excluding carboxylic acids is 1. The SMILES string of the molecule is Cc1c(NC(=O)c2cc(=O)[nH]c3ccccc23)cccc1-n1cnnn1. The second kappa shape index (κ2) is 6.25. The summed E-state index contributed by atoms with van der Waals surface area (Å²) in [5, 5.41) is 14.7. The highest BCUT2D eigenvalue weighted by Gasteiger charge is 2.14. The smallest absolute Gasteiger partial charge is 0.256 e. The number of nitrogens with one attached hydrogen (secondary N) is 2. The third kappa shape index (κ3) is 2.73. The van der Waals surface area contributed by atoms with Gasteiger partial charge in [-0.3, -0.25) is 9.59 Å². The Labute approximate surface area is 147 Å². The predicted octanol–water partition coefficient (Wildman–Crippen LogP) is 2.06. The molecular weight excluding hydrogens is 332 g/mol. The van der Waals surface area contributed by atoms with Crippen LogP contribution in [0.2, 0.25) is 0 Å². The molecule has 2 N–H and O–H groups in total. The van der Waals surface area contributed by atoms with Gasteiger partial charge in [0.2, 0.25) is 5.56 Å². The lowest BCUT2D eigenvalue weighted by Crippen LogP contribution is -2.17. The number of fused-ring (bicyclic) bond motifs is 1. The summed E-state index contributed by atoms with van der Waals surface area (Å²) in [5.41, 5.74) is 2.78. The Morgan fingerprint density at radius 2 is 2.00 bits per heavy atom. The second-order valence-electron chi connectivity index (χ2n) is 5.75. The van der Waals surface area contributed by atoms with Gasteiger partial charge >= 0.3 is 0 Å². The third-order valence-electron chi connectivity index (χ3n) is 4.14. The van der Waals surface area contributed by atoms with Crippen molar-refractivity contribution in [2.45, 2.75) is 6.92 Å². The molecule has 0 radical (unpaired) electrons. The van der Waals surface area contributed by atoms with Crippen molar-refractivity contribution in [2.24, 2.45) is 0 Å². The molecule has 0 saturated heterocycles.